The number of nitrogens with zero attached hydrogens (tertiary/aromatic N) is 3. The van der Waals surface area contributed by atoms with Crippen LogP contribution in [0.4, 0.5) is 0 Å². The highest BCUT2D eigenvalue weighted by molar-refractivity contribution is 6.42. The highest BCUT2D eigenvalue weighted by atomic mass is 35.5. The zero-order valence-electron chi connectivity index (χ0n) is 17.8. The number of aromatic nitrogens is 3. The van der Waals surface area contributed by atoms with E-state index >= 15 is 0 Å². The molecule has 2 amide bonds. The maximum absolute atomic E-state index is 12.1. The first-order chi connectivity index (χ1) is 16.2. The summed E-state index contributed by atoms with van der Waals surface area (Å²) in [4.78, 5) is 38.3. The summed E-state index contributed by atoms with van der Waals surface area (Å²) in [6.45, 7) is 0.146. The SMILES string of the molecule is NC(=O)[C@H](CC(=O)O)NC(=O)CCCOc1cc(-c2cccnc2)nn1-c1ccc(Cl)c(Cl)c1. The Bertz CT molecular complexity index is 1190. The van der Waals surface area contributed by atoms with Crippen molar-refractivity contribution in [1.29, 1.82) is 0 Å². The number of nitrogens with one attached hydrogen (secondary N) is 1. The van der Waals surface area contributed by atoms with Crippen molar-refractivity contribution in [2.45, 2.75) is 25.3 Å². The van der Waals surface area contributed by atoms with Crippen LogP contribution in [0.1, 0.15) is 19.3 Å². The smallest absolute Gasteiger partial charge is 0.305 e. The molecule has 178 valence electrons. The first-order valence-electron chi connectivity index (χ1n) is 10.1. The molecule has 0 aliphatic rings. The van der Waals surface area contributed by atoms with E-state index in [9.17, 15) is 14.4 Å². The molecule has 1 aromatic carbocycles. The van der Waals surface area contributed by atoms with Crippen molar-refractivity contribution in [3.8, 4) is 22.8 Å². The fourth-order valence-corrected chi connectivity index (χ4v) is 3.29. The second-order valence-electron chi connectivity index (χ2n) is 7.19. The Kier molecular flexibility index (Phi) is 8.44. The number of aliphatic carboxylic acids is 1. The van der Waals surface area contributed by atoms with E-state index in [0.717, 1.165) is 5.56 Å². The molecular formula is C22H21Cl2N5O5. The molecule has 34 heavy (non-hydrogen) atoms. The number of carbonyl (C=O) groups is 3. The van der Waals surface area contributed by atoms with Gasteiger partial charge in [-0.1, -0.05) is 23.2 Å². The van der Waals surface area contributed by atoms with Crippen LogP contribution in [0.15, 0.2) is 48.8 Å². The predicted molar refractivity (Wildman–Crippen MR) is 125 cm³/mol. The van der Waals surface area contributed by atoms with Crippen LogP contribution in [0.3, 0.4) is 0 Å². The lowest BCUT2D eigenvalue weighted by atomic mass is 10.2. The predicted octanol–water partition coefficient (Wildman–Crippen LogP) is 2.84. The van der Waals surface area contributed by atoms with Gasteiger partial charge in [-0.25, -0.2) is 4.68 Å². The van der Waals surface area contributed by atoms with E-state index < -0.39 is 30.2 Å². The third kappa shape index (κ3) is 6.69. The highest BCUT2D eigenvalue weighted by Gasteiger charge is 2.21. The Balaban J connectivity index is 1.69. The summed E-state index contributed by atoms with van der Waals surface area (Å²) in [5, 5.41) is 16.5. The number of ether oxygens (including phenoxy) is 1. The molecule has 3 aromatic rings. The third-order valence-corrected chi connectivity index (χ3v) is 5.38. The van der Waals surface area contributed by atoms with Gasteiger partial charge in [0, 0.05) is 30.4 Å². The van der Waals surface area contributed by atoms with Gasteiger partial charge in [-0.2, -0.15) is 5.10 Å². The van der Waals surface area contributed by atoms with E-state index in [-0.39, 0.29) is 13.0 Å². The van der Waals surface area contributed by atoms with Gasteiger partial charge in [-0.3, -0.25) is 19.4 Å². The lowest BCUT2D eigenvalue weighted by Gasteiger charge is -2.13. The first-order valence-corrected chi connectivity index (χ1v) is 10.9. The molecule has 0 aliphatic carbocycles. The number of primary amides is 1. The van der Waals surface area contributed by atoms with Crippen LogP contribution in [-0.4, -0.2) is 50.3 Å². The molecule has 1 atom stereocenters. The van der Waals surface area contributed by atoms with Crippen LogP contribution in [0.25, 0.3) is 16.9 Å². The van der Waals surface area contributed by atoms with Crippen molar-refractivity contribution >= 4 is 41.0 Å². The number of hydrogen-bond donors (Lipinski definition) is 3. The van der Waals surface area contributed by atoms with Crippen LogP contribution in [0, 0.1) is 0 Å². The van der Waals surface area contributed by atoms with Crippen molar-refractivity contribution in [2.24, 2.45) is 5.73 Å². The standard InChI is InChI=1S/C22H21Cl2N5O5/c23-15-6-5-14(9-16(15)24)29-20(10-17(28-29)13-3-1-7-26-12-13)34-8-2-4-19(30)27-18(22(25)33)11-21(31)32/h1,3,5-7,9-10,12,18H,2,4,8,11H2,(H2,25,33)(H,27,30)(H,31,32)/t18-/m0/s1. The number of carboxylic acid groups (broad SMARTS) is 1. The molecule has 0 aliphatic heterocycles. The molecule has 0 spiro atoms. The van der Waals surface area contributed by atoms with Gasteiger partial charge in [-0.15, -0.1) is 0 Å². The van der Waals surface area contributed by atoms with Crippen molar-refractivity contribution in [3.63, 3.8) is 0 Å². The van der Waals surface area contributed by atoms with Crippen LogP contribution >= 0.6 is 23.2 Å². The average molecular weight is 506 g/mol. The average Bonchev–Trinajstić information content (AvgIpc) is 3.22. The minimum atomic E-state index is -1.27. The summed E-state index contributed by atoms with van der Waals surface area (Å²) in [6.07, 6.45) is 3.03. The molecule has 0 bridgehead atoms. The second kappa shape index (κ2) is 11.5. The first kappa shape index (κ1) is 25.0. The van der Waals surface area contributed by atoms with Crippen LogP contribution in [0.5, 0.6) is 5.88 Å². The summed E-state index contributed by atoms with van der Waals surface area (Å²) >= 11 is 12.2. The summed E-state index contributed by atoms with van der Waals surface area (Å²) < 4.78 is 7.43. The largest absolute Gasteiger partial charge is 0.481 e. The molecule has 10 nitrogen and oxygen atoms in total. The number of rotatable bonds is 11. The number of hydrogen-bond acceptors (Lipinski definition) is 6. The van der Waals surface area contributed by atoms with Gasteiger partial charge >= 0.3 is 5.97 Å². The van der Waals surface area contributed by atoms with Gasteiger partial charge in [0.25, 0.3) is 0 Å². The van der Waals surface area contributed by atoms with E-state index in [2.05, 4.69) is 15.4 Å². The molecule has 0 saturated carbocycles. The Labute approximate surface area is 204 Å². The zero-order valence-corrected chi connectivity index (χ0v) is 19.3. The second-order valence-corrected chi connectivity index (χ2v) is 8.01. The van der Waals surface area contributed by atoms with Gasteiger partial charge in [0.05, 0.1) is 34.5 Å². The Morgan fingerprint density at radius 3 is 2.62 bits per heavy atom. The molecule has 0 unspecified atom stereocenters. The Hall–Kier alpha value is -3.63. The number of pyridine rings is 1. The quantitative estimate of drug-likeness (QED) is 0.339. The summed E-state index contributed by atoms with van der Waals surface area (Å²) in [5.74, 6) is -2.27. The fourth-order valence-electron chi connectivity index (χ4n) is 3.00. The topological polar surface area (TPSA) is 149 Å². The van der Waals surface area contributed by atoms with E-state index in [1.165, 1.54) is 0 Å². The molecule has 0 fully saturated rings. The van der Waals surface area contributed by atoms with Gasteiger partial charge in [-0.05, 0) is 36.8 Å². The van der Waals surface area contributed by atoms with Crippen LogP contribution in [0.2, 0.25) is 10.0 Å². The summed E-state index contributed by atoms with van der Waals surface area (Å²) in [5.41, 5.74) is 7.15. The molecule has 12 heteroatoms. The Morgan fingerprint density at radius 1 is 1.18 bits per heavy atom. The zero-order chi connectivity index (χ0) is 24.7. The van der Waals surface area contributed by atoms with E-state index in [0.29, 0.717) is 33.7 Å². The highest BCUT2D eigenvalue weighted by Crippen LogP contribution is 2.29. The van der Waals surface area contributed by atoms with Gasteiger partial charge < -0.3 is 20.9 Å². The van der Waals surface area contributed by atoms with Gasteiger partial charge in [0.15, 0.2) is 0 Å². The maximum atomic E-state index is 12.1. The molecule has 0 radical (unpaired) electrons. The van der Waals surface area contributed by atoms with Crippen molar-refractivity contribution in [1.82, 2.24) is 20.1 Å². The van der Waals surface area contributed by atoms with Gasteiger partial charge in [0.2, 0.25) is 17.7 Å². The minimum absolute atomic E-state index is 0.000227. The van der Waals surface area contributed by atoms with Gasteiger partial charge in [0.1, 0.15) is 6.04 Å². The number of benzene rings is 1. The lowest BCUT2D eigenvalue weighted by Crippen LogP contribution is -2.45. The summed E-state index contributed by atoms with van der Waals surface area (Å²) in [6, 6.07) is 9.13. The third-order valence-electron chi connectivity index (χ3n) is 4.64. The normalized spacial score (nSPS) is 11.6. The minimum Gasteiger partial charge on any atom is -0.481 e. The van der Waals surface area contributed by atoms with Crippen LogP contribution < -0.4 is 15.8 Å². The van der Waals surface area contributed by atoms with E-state index in [4.69, 9.17) is 38.8 Å². The fraction of sp³-hybridized carbons (Fsp3) is 0.227. The summed E-state index contributed by atoms with van der Waals surface area (Å²) in [7, 11) is 0. The van der Waals surface area contributed by atoms with E-state index in [1.807, 2.05) is 6.07 Å². The molecule has 2 heterocycles. The lowest BCUT2D eigenvalue weighted by molar-refractivity contribution is -0.140. The van der Waals surface area contributed by atoms with Crippen molar-refractivity contribution < 1.29 is 24.2 Å². The molecule has 4 N–H and O–H groups in total. The number of carboxylic acids is 1. The molecule has 3 rings (SSSR count). The van der Waals surface area contributed by atoms with Crippen LogP contribution in [-0.2, 0) is 14.4 Å². The Morgan fingerprint density at radius 2 is 1.97 bits per heavy atom. The maximum Gasteiger partial charge on any atom is 0.305 e. The van der Waals surface area contributed by atoms with Crippen molar-refractivity contribution in [3.05, 3.63) is 58.8 Å². The molecule has 0 saturated heterocycles. The molecular weight excluding hydrogens is 485 g/mol. The molecule has 2 aromatic heterocycles. The number of nitrogens with two attached hydrogens (primary N) is 1. The van der Waals surface area contributed by atoms with Crippen molar-refractivity contribution in [2.75, 3.05) is 6.61 Å². The van der Waals surface area contributed by atoms with E-state index in [1.54, 1.807) is 47.4 Å². The monoisotopic (exact) mass is 505 g/mol. The number of amides is 2. The number of halogens is 2. The number of carbonyl (C=O) groups excluding carboxylic acids is 2.